The topological polar surface area (TPSA) is 110 Å². The highest BCUT2D eigenvalue weighted by Crippen LogP contribution is 2.49. The summed E-state index contributed by atoms with van der Waals surface area (Å²) in [6.45, 7) is 2.06. The van der Waals surface area contributed by atoms with Gasteiger partial charge in [0.15, 0.2) is 29.6 Å². The average Bonchev–Trinajstić information content (AvgIpc) is 3.63. The second kappa shape index (κ2) is 10.9. The molecule has 0 bridgehead atoms. The molecule has 3 aromatic carbocycles. The van der Waals surface area contributed by atoms with E-state index in [2.05, 4.69) is 27.4 Å². The van der Waals surface area contributed by atoms with Crippen molar-refractivity contribution in [2.45, 2.75) is 19.4 Å². The van der Waals surface area contributed by atoms with Gasteiger partial charge >= 0.3 is 0 Å². The Morgan fingerprint density at radius 3 is 2.44 bits per heavy atom. The van der Waals surface area contributed by atoms with Gasteiger partial charge in [-0.25, -0.2) is 19.2 Å². The molecule has 6 aromatic rings. The molecule has 43 heavy (non-hydrogen) atoms. The summed E-state index contributed by atoms with van der Waals surface area (Å²) in [4.78, 5) is 15.0. The van der Waals surface area contributed by atoms with Gasteiger partial charge in [-0.1, -0.05) is 53.7 Å². The molecule has 214 valence electrons. The van der Waals surface area contributed by atoms with Crippen LogP contribution >= 0.6 is 0 Å². The van der Waals surface area contributed by atoms with E-state index in [0.29, 0.717) is 34.7 Å². The van der Waals surface area contributed by atoms with Crippen LogP contribution in [0.5, 0.6) is 23.3 Å². The van der Waals surface area contributed by atoms with Crippen LogP contribution in [-0.4, -0.2) is 49.8 Å². The van der Waals surface area contributed by atoms with E-state index >= 15 is 0 Å². The predicted octanol–water partition coefficient (Wildman–Crippen LogP) is 5.47. The van der Waals surface area contributed by atoms with E-state index in [4.69, 9.17) is 29.1 Å². The van der Waals surface area contributed by atoms with E-state index < -0.39 is 0 Å². The molecule has 0 spiro atoms. The van der Waals surface area contributed by atoms with Crippen molar-refractivity contribution >= 4 is 11.9 Å². The van der Waals surface area contributed by atoms with Gasteiger partial charge in [0.1, 0.15) is 6.33 Å². The minimum Gasteiger partial charge on any atom is -0.493 e. The van der Waals surface area contributed by atoms with Crippen molar-refractivity contribution in [2.75, 3.05) is 14.2 Å². The van der Waals surface area contributed by atoms with Crippen molar-refractivity contribution in [2.24, 2.45) is 5.16 Å². The quantitative estimate of drug-likeness (QED) is 0.174. The molecule has 0 saturated heterocycles. The largest absolute Gasteiger partial charge is 0.493 e. The van der Waals surface area contributed by atoms with Crippen LogP contribution in [0.15, 0.2) is 90.3 Å². The van der Waals surface area contributed by atoms with Crippen molar-refractivity contribution in [1.29, 1.82) is 0 Å². The Kier molecular flexibility index (Phi) is 6.66. The molecule has 0 unspecified atom stereocenters. The minimum atomic E-state index is -0.227. The molecule has 3 aromatic heterocycles. The molecule has 11 heteroatoms. The highest BCUT2D eigenvalue weighted by atomic mass is 16.6. The molecule has 11 nitrogen and oxygen atoms in total. The maximum atomic E-state index is 6.47. The highest BCUT2D eigenvalue weighted by Gasteiger charge is 2.38. The lowest BCUT2D eigenvalue weighted by atomic mass is 9.84. The number of nitrogens with zero attached hydrogens (tertiary/aromatic N) is 7. The predicted molar refractivity (Wildman–Crippen MR) is 158 cm³/mol. The zero-order valence-corrected chi connectivity index (χ0v) is 23.7. The molecule has 1 atom stereocenters. The van der Waals surface area contributed by atoms with Crippen molar-refractivity contribution < 1.29 is 19.0 Å². The van der Waals surface area contributed by atoms with Crippen LogP contribution in [0, 0.1) is 6.92 Å². The van der Waals surface area contributed by atoms with E-state index in [0.717, 1.165) is 33.6 Å². The smallest absolute Gasteiger partial charge is 0.230 e. The Hall–Kier alpha value is -5.71. The Bertz CT molecular complexity index is 1950. The number of oxime groups is 1. The summed E-state index contributed by atoms with van der Waals surface area (Å²) in [5.74, 6) is 2.56. The second-order valence-corrected chi connectivity index (χ2v) is 9.88. The fourth-order valence-corrected chi connectivity index (χ4v) is 5.33. The third kappa shape index (κ3) is 4.70. The summed E-state index contributed by atoms with van der Waals surface area (Å²) in [6, 6.07) is 25.6. The summed E-state index contributed by atoms with van der Waals surface area (Å²) in [7, 11) is 3.18. The zero-order chi connectivity index (χ0) is 29.3. The van der Waals surface area contributed by atoms with E-state index in [-0.39, 0.29) is 12.5 Å². The van der Waals surface area contributed by atoms with E-state index in [1.807, 2.05) is 78.3 Å². The van der Waals surface area contributed by atoms with Crippen LogP contribution in [0.4, 0.5) is 0 Å². The van der Waals surface area contributed by atoms with Gasteiger partial charge in [0, 0.05) is 5.56 Å². The first kappa shape index (κ1) is 26.2. The van der Waals surface area contributed by atoms with Gasteiger partial charge in [0.2, 0.25) is 11.8 Å². The first-order chi connectivity index (χ1) is 21.1. The van der Waals surface area contributed by atoms with Gasteiger partial charge in [-0.05, 0) is 42.8 Å². The number of methoxy groups -OCH3 is 2. The first-order valence-corrected chi connectivity index (χ1v) is 13.6. The Labute approximate surface area is 246 Å². The molecular formula is C32H27N7O4. The highest BCUT2D eigenvalue weighted by molar-refractivity contribution is 5.80. The number of hydrogen-bond acceptors (Lipinski definition) is 9. The molecule has 0 N–H and O–H groups in total. The number of aromatic nitrogens is 6. The fraction of sp³-hybridized carbons (Fsp3) is 0.156. The molecule has 1 aliphatic heterocycles. The van der Waals surface area contributed by atoms with Gasteiger partial charge in [-0.3, -0.25) is 0 Å². The van der Waals surface area contributed by atoms with Crippen molar-refractivity contribution in [1.82, 2.24) is 29.4 Å². The van der Waals surface area contributed by atoms with Gasteiger partial charge in [0.05, 0.1) is 48.9 Å². The summed E-state index contributed by atoms with van der Waals surface area (Å²) < 4.78 is 20.6. The number of fused-ring (bicyclic) bond motifs is 4. The fourth-order valence-electron chi connectivity index (χ4n) is 5.33. The van der Waals surface area contributed by atoms with Crippen LogP contribution in [-0.2, 0) is 11.4 Å². The zero-order valence-electron chi connectivity index (χ0n) is 23.7. The third-order valence-electron chi connectivity index (χ3n) is 7.28. The summed E-state index contributed by atoms with van der Waals surface area (Å²) in [5.41, 5.74) is 6.01. The maximum Gasteiger partial charge on any atom is 0.230 e. The number of para-hydroxylation sites is 1. The molecule has 1 aliphatic rings. The van der Waals surface area contributed by atoms with Gasteiger partial charge in [0.25, 0.3) is 0 Å². The Morgan fingerprint density at radius 2 is 1.67 bits per heavy atom. The van der Waals surface area contributed by atoms with Crippen LogP contribution in [0.25, 0.3) is 11.3 Å². The lowest BCUT2D eigenvalue weighted by Crippen LogP contribution is -2.16. The average molecular weight is 574 g/mol. The standard InChI is InChI=1S/C32H27N7O4/c1-20-27-28(22-10-6-4-7-11-22)29-30-35-26(18-42-34-17-21-14-15-24(40-2)25(16-21)41-3)37-38(30)19-33-31(29)43-32(27)39(36-20)23-12-8-5-9-13-23/h4-17,19,28H,18H2,1-3H3/b34-17-/t28-/m1/s1. The molecular weight excluding hydrogens is 546 g/mol. The first-order valence-electron chi connectivity index (χ1n) is 13.6. The Balaban J connectivity index is 1.24. The van der Waals surface area contributed by atoms with Gasteiger partial charge in [-0.15, -0.1) is 5.10 Å². The van der Waals surface area contributed by atoms with Gasteiger partial charge in [-0.2, -0.15) is 5.10 Å². The van der Waals surface area contributed by atoms with Crippen molar-refractivity contribution in [3.05, 3.63) is 119 Å². The summed E-state index contributed by atoms with van der Waals surface area (Å²) in [6.07, 6.45) is 3.19. The van der Waals surface area contributed by atoms with Crippen LogP contribution in [0.3, 0.4) is 0 Å². The SMILES string of the molecule is COc1ccc(/C=N\OCc2nc3c4c(ncn3n2)Oc2c(c(C)nn2-c2ccccc2)[C@H]4c2ccccc2)cc1OC. The lowest BCUT2D eigenvalue weighted by Gasteiger charge is -2.26. The lowest BCUT2D eigenvalue weighted by molar-refractivity contribution is 0.126. The number of ether oxygens (including phenoxy) is 3. The van der Waals surface area contributed by atoms with E-state index in [1.165, 1.54) is 0 Å². The third-order valence-corrected chi connectivity index (χ3v) is 7.28. The summed E-state index contributed by atoms with van der Waals surface area (Å²) in [5, 5.41) is 13.6. The number of rotatable bonds is 8. The number of benzene rings is 3. The number of aryl methyl sites for hydroxylation is 1. The maximum absolute atomic E-state index is 6.47. The van der Waals surface area contributed by atoms with E-state index in [1.54, 1.807) is 31.3 Å². The molecule has 0 fully saturated rings. The molecule has 4 heterocycles. The molecule has 0 amide bonds. The summed E-state index contributed by atoms with van der Waals surface area (Å²) >= 11 is 0. The second-order valence-electron chi connectivity index (χ2n) is 9.88. The number of hydrogen-bond donors (Lipinski definition) is 0. The van der Waals surface area contributed by atoms with Crippen LogP contribution in [0.1, 0.15) is 39.7 Å². The van der Waals surface area contributed by atoms with E-state index in [9.17, 15) is 0 Å². The molecule has 0 saturated carbocycles. The molecule has 7 rings (SSSR count). The normalized spacial score (nSPS) is 13.9. The monoisotopic (exact) mass is 573 g/mol. The Morgan fingerprint density at radius 1 is 0.907 bits per heavy atom. The van der Waals surface area contributed by atoms with Crippen LogP contribution in [0.2, 0.25) is 0 Å². The van der Waals surface area contributed by atoms with Gasteiger partial charge < -0.3 is 19.0 Å². The van der Waals surface area contributed by atoms with Crippen molar-refractivity contribution in [3.63, 3.8) is 0 Å². The molecule has 0 radical (unpaired) electrons. The van der Waals surface area contributed by atoms with Crippen molar-refractivity contribution in [3.8, 4) is 28.9 Å². The molecule has 0 aliphatic carbocycles. The minimum absolute atomic E-state index is 0.0628. The van der Waals surface area contributed by atoms with Crippen LogP contribution < -0.4 is 14.2 Å².